The predicted octanol–water partition coefficient (Wildman–Crippen LogP) is 2.76. The van der Waals surface area contributed by atoms with Crippen molar-refractivity contribution >= 4 is 0 Å². The van der Waals surface area contributed by atoms with Crippen molar-refractivity contribution < 1.29 is 4.52 Å². The van der Waals surface area contributed by atoms with Crippen molar-refractivity contribution in [1.29, 1.82) is 0 Å². The van der Waals surface area contributed by atoms with Gasteiger partial charge in [0, 0.05) is 6.04 Å². The average Bonchev–Trinajstić information content (AvgIpc) is 2.61. The van der Waals surface area contributed by atoms with E-state index >= 15 is 0 Å². The highest BCUT2D eigenvalue weighted by molar-refractivity contribution is 4.93. The molecular formula is C13H23N3O. The van der Waals surface area contributed by atoms with Crippen LogP contribution in [0.3, 0.4) is 0 Å². The molecule has 1 aliphatic rings. The van der Waals surface area contributed by atoms with Crippen molar-refractivity contribution in [2.24, 2.45) is 10.8 Å². The summed E-state index contributed by atoms with van der Waals surface area (Å²) < 4.78 is 4.74. The van der Waals surface area contributed by atoms with E-state index in [4.69, 9.17) is 4.52 Å². The molecule has 0 spiro atoms. The van der Waals surface area contributed by atoms with E-state index in [1.165, 1.54) is 25.7 Å². The normalized spacial score (nSPS) is 23.8. The lowest BCUT2D eigenvalue weighted by atomic mass is 9.63. The summed E-state index contributed by atoms with van der Waals surface area (Å²) in [7, 11) is 0. The average molecular weight is 237 g/mol. The number of aromatic nitrogens is 2. The molecule has 0 atom stereocenters. The van der Waals surface area contributed by atoms with Crippen LogP contribution in [0.2, 0.25) is 0 Å². The molecule has 4 heteroatoms. The van der Waals surface area contributed by atoms with Crippen molar-refractivity contribution in [2.45, 2.75) is 59.5 Å². The molecule has 0 aromatic carbocycles. The Labute approximate surface area is 103 Å². The van der Waals surface area contributed by atoms with Gasteiger partial charge in [-0.1, -0.05) is 32.9 Å². The van der Waals surface area contributed by atoms with Gasteiger partial charge < -0.3 is 9.84 Å². The van der Waals surface area contributed by atoms with Gasteiger partial charge in [-0.05, 0) is 30.1 Å². The Hall–Kier alpha value is -0.900. The van der Waals surface area contributed by atoms with Crippen LogP contribution < -0.4 is 5.32 Å². The molecule has 2 rings (SSSR count). The lowest BCUT2D eigenvalue weighted by Gasteiger charge is -2.45. The van der Waals surface area contributed by atoms with Gasteiger partial charge in [0.2, 0.25) is 6.39 Å². The van der Waals surface area contributed by atoms with Crippen LogP contribution in [-0.2, 0) is 6.54 Å². The zero-order valence-corrected chi connectivity index (χ0v) is 11.3. The van der Waals surface area contributed by atoms with Gasteiger partial charge >= 0.3 is 0 Å². The Kier molecular flexibility index (Phi) is 3.25. The fraction of sp³-hybridized carbons (Fsp3) is 0.846. The van der Waals surface area contributed by atoms with Gasteiger partial charge in [-0.15, -0.1) is 0 Å². The Morgan fingerprint density at radius 1 is 1.29 bits per heavy atom. The molecule has 1 aliphatic carbocycles. The largest absolute Gasteiger partial charge is 0.343 e. The Morgan fingerprint density at radius 2 is 1.94 bits per heavy atom. The highest BCUT2D eigenvalue weighted by Crippen LogP contribution is 2.45. The van der Waals surface area contributed by atoms with E-state index in [-0.39, 0.29) is 0 Å². The first-order valence-electron chi connectivity index (χ1n) is 6.35. The van der Waals surface area contributed by atoms with Crippen LogP contribution >= 0.6 is 0 Å². The minimum Gasteiger partial charge on any atom is -0.343 e. The Morgan fingerprint density at radius 3 is 2.47 bits per heavy atom. The fourth-order valence-corrected chi connectivity index (χ4v) is 3.50. The number of hydrogen-bond donors (Lipinski definition) is 1. The molecule has 1 fully saturated rings. The number of nitrogens with one attached hydrogen (secondary N) is 1. The molecule has 1 aromatic heterocycles. The first-order chi connectivity index (χ1) is 7.86. The minimum atomic E-state index is 0.413. The van der Waals surface area contributed by atoms with Crippen LogP contribution in [0.1, 0.15) is 52.8 Å². The third-order valence-corrected chi connectivity index (χ3v) is 3.51. The smallest absolute Gasteiger partial charge is 0.213 e. The van der Waals surface area contributed by atoms with E-state index in [1.807, 2.05) is 0 Å². The Balaban J connectivity index is 1.92. The third-order valence-electron chi connectivity index (χ3n) is 3.51. The quantitative estimate of drug-likeness (QED) is 0.878. The molecule has 1 heterocycles. The molecular weight excluding hydrogens is 214 g/mol. The molecule has 0 amide bonds. The highest BCUT2D eigenvalue weighted by atomic mass is 16.5. The van der Waals surface area contributed by atoms with Gasteiger partial charge in [0.05, 0.1) is 6.54 Å². The standard InChI is InChI=1S/C13H23N3O/c1-12(2)5-10(6-13(3,4)8-12)14-7-11-15-9-17-16-11/h9-10,14H,5-8H2,1-4H3. The van der Waals surface area contributed by atoms with Crippen molar-refractivity contribution in [3.05, 3.63) is 12.2 Å². The number of nitrogens with zero attached hydrogens (tertiary/aromatic N) is 2. The van der Waals surface area contributed by atoms with Gasteiger partial charge in [0.1, 0.15) is 0 Å². The topological polar surface area (TPSA) is 51.0 Å². The summed E-state index contributed by atoms with van der Waals surface area (Å²) in [6.07, 6.45) is 5.11. The molecule has 0 saturated heterocycles. The molecule has 1 N–H and O–H groups in total. The minimum absolute atomic E-state index is 0.413. The van der Waals surface area contributed by atoms with E-state index in [2.05, 4.69) is 43.2 Å². The monoisotopic (exact) mass is 237 g/mol. The third kappa shape index (κ3) is 3.53. The maximum Gasteiger partial charge on any atom is 0.213 e. The van der Waals surface area contributed by atoms with Crippen LogP contribution in [0, 0.1) is 10.8 Å². The second-order valence-electron chi connectivity index (χ2n) is 6.84. The second kappa shape index (κ2) is 4.41. The second-order valence-corrected chi connectivity index (χ2v) is 6.84. The summed E-state index contributed by atoms with van der Waals surface area (Å²) in [5, 5.41) is 7.37. The maximum atomic E-state index is 4.74. The first kappa shape index (κ1) is 12.6. The molecule has 4 nitrogen and oxygen atoms in total. The zero-order valence-electron chi connectivity index (χ0n) is 11.3. The summed E-state index contributed by atoms with van der Waals surface area (Å²) in [5.41, 5.74) is 0.827. The zero-order chi connectivity index (χ0) is 12.5. The summed E-state index contributed by atoms with van der Waals surface area (Å²) in [6, 6.07) is 0.548. The van der Waals surface area contributed by atoms with Crippen LogP contribution in [0.25, 0.3) is 0 Å². The van der Waals surface area contributed by atoms with Crippen molar-refractivity contribution in [3.63, 3.8) is 0 Å². The Bertz CT molecular complexity index is 341. The summed E-state index contributed by atoms with van der Waals surface area (Å²) in [5.74, 6) is 0.742. The van der Waals surface area contributed by atoms with Crippen LogP contribution in [0.4, 0.5) is 0 Å². The van der Waals surface area contributed by atoms with Gasteiger partial charge in [-0.25, -0.2) is 0 Å². The lowest BCUT2D eigenvalue weighted by Crippen LogP contribution is -2.43. The van der Waals surface area contributed by atoms with Gasteiger partial charge in [-0.3, -0.25) is 0 Å². The lowest BCUT2D eigenvalue weighted by molar-refractivity contribution is 0.0841. The highest BCUT2D eigenvalue weighted by Gasteiger charge is 2.38. The predicted molar refractivity (Wildman–Crippen MR) is 66.3 cm³/mol. The van der Waals surface area contributed by atoms with Gasteiger partial charge in [0.15, 0.2) is 5.82 Å². The molecule has 1 saturated carbocycles. The van der Waals surface area contributed by atoms with Crippen LogP contribution in [-0.4, -0.2) is 16.2 Å². The first-order valence-corrected chi connectivity index (χ1v) is 6.35. The van der Waals surface area contributed by atoms with Crippen LogP contribution in [0.15, 0.2) is 10.9 Å². The van der Waals surface area contributed by atoms with E-state index in [1.54, 1.807) is 0 Å². The molecule has 0 radical (unpaired) electrons. The van der Waals surface area contributed by atoms with E-state index in [0.717, 1.165) is 5.82 Å². The van der Waals surface area contributed by atoms with Gasteiger partial charge in [0.25, 0.3) is 0 Å². The van der Waals surface area contributed by atoms with Gasteiger partial charge in [-0.2, -0.15) is 4.98 Å². The van der Waals surface area contributed by atoms with E-state index < -0.39 is 0 Å². The molecule has 17 heavy (non-hydrogen) atoms. The van der Waals surface area contributed by atoms with Crippen LogP contribution in [0.5, 0.6) is 0 Å². The van der Waals surface area contributed by atoms with Crippen molar-refractivity contribution in [3.8, 4) is 0 Å². The van der Waals surface area contributed by atoms with Crippen molar-refractivity contribution in [2.75, 3.05) is 0 Å². The summed E-state index contributed by atoms with van der Waals surface area (Å²) in [4.78, 5) is 4.03. The van der Waals surface area contributed by atoms with Crippen molar-refractivity contribution in [1.82, 2.24) is 15.5 Å². The molecule has 0 bridgehead atoms. The molecule has 1 aromatic rings. The summed E-state index contributed by atoms with van der Waals surface area (Å²) >= 11 is 0. The molecule has 0 aliphatic heterocycles. The number of rotatable bonds is 3. The SMILES string of the molecule is CC1(C)CC(NCc2ncon2)CC(C)(C)C1. The van der Waals surface area contributed by atoms with E-state index in [0.29, 0.717) is 23.4 Å². The maximum absolute atomic E-state index is 4.74. The summed E-state index contributed by atoms with van der Waals surface area (Å²) in [6.45, 7) is 10.1. The molecule has 96 valence electrons. The number of hydrogen-bond acceptors (Lipinski definition) is 4. The fourth-order valence-electron chi connectivity index (χ4n) is 3.50. The molecule has 0 unspecified atom stereocenters. The van der Waals surface area contributed by atoms with E-state index in [9.17, 15) is 0 Å².